The van der Waals surface area contributed by atoms with Gasteiger partial charge in [-0.3, -0.25) is 0 Å². The highest BCUT2D eigenvalue weighted by molar-refractivity contribution is 8.15. The normalized spacial score (nSPS) is 12.1. The molecule has 0 bridgehead atoms. The van der Waals surface area contributed by atoms with Crippen LogP contribution in [0.3, 0.4) is 0 Å². The van der Waals surface area contributed by atoms with Crippen molar-refractivity contribution in [2.24, 2.45) is 0 Å². The molecule has 0 saturated carbocycles. The van der Waals surface area contributed by atoms with E-state index in [1.165, 1.54) is 0 Å². The molecule has 2 aromatic rings. The quantitative estimate of drug-likeness (QED) is 0.710. The molecular weight excluding hydrogens is 230 g/mol. The molecule has 0 radical (unpaired) electrons. The predicted octanol–water partition coefficient (Wildman–Crippen LogP) is 2.22. The van der Waals surface area contributed by atoms with Gasteiger partial charge in [-0.1, -0.05) is 18.2 Å². The minimum atomic E-state index is -3.66. The number of nitrogens with zero attached hydrogens (tertiary/aromatic N) is 1. The molecule has 0 unspecified atom stereocenters. The van der Waals surface area contributed by atoms with E-state index in [1.54, 1.807) is 24.3 Å². The van der Waals surface area contributed by atoms with Gasteiger partial charge in [0.05, 0.1) is 5.52 Å². The van der Waals surface area contributed by atoms with Gasteiger partial charge in [0.2, 0.25) is 0 Å². The van der Waals surface area contributed by atoms with Crippen molar-refractivity contribution in [2.75, 3.05) is 0 Å². The van der Waals surface area contributed by atoms with E-state index < -0.39 is 9.05 Å². The second-order valence-corrected chi connectivity index (χ2v) is 5.96. The smallest absolute Gasteiger partial charge is 0.206 e. The summed E-state index contributed by atoms with van der Waals surface area (Å²) in [6, 6.07) is 6.99. The number of rotatable bonds is 1. The summed E-state index contributed by atoms with van der Waals surface area (Å²) in [7, 11) is 1.56. The predicted molar refractivity (Wildman–Crippen MR) is 52.7 cm³/mol. The molecular formula is C7H4ClNO2S2. The Balaban J connectivity index is 2.87. The first-order valence-corrected chi connectivity index (χ1v) is 6.46. The van der Waals surface area contributed by atoms with Crippen molar-refractivity contribution < 1.29 is 8.42 Å². The molecule has 0 saturated heterocycles. The zero-order valence-electron chi connectivity index (χ0n) is 6.27. The molecule has 0 aliphatic rings. The maximum Gasteiger partial charge on any atom is 0.272 e. The molecule has 3 nitrogen and oxygen atoms in total. The van der Waals surface area contributed by atoms with E-state index in [-0.39, 0.29) is 4.21 Å². The van der Waals surface area contributed by atoms with Gasteiger partial charge in [-0.25, -0.2) is 8.42 Å². The highest BCUT2D eigenvalue weighted by Gasteiger charge is 2.17. The molecule has 0 fully saturated rings. The molecule has 0 spiro atoms. The van der Waals surface area contributed by atoms with Crippen molar-refractivity contribution in [3.8, 4) is 0 Å². The first-order valence-electron chi connectivity index (χ1n) is 3.38. The Bertz CT molecular complexity index is 546. The van der Waals surface area contributed by atoms with Crippen LogP contribution in [0.5, 0.6) is 0 Å². The van der Waals surface area contributed by atoms with Gasteiger partial charge in [0, 0.05) is 16.1 Å². The molecule has 1 heterocycles. The third-order valence-corrected chi connectivity index (χ3v) is 4.53. The number of fused-ring (bicyclic) bond motifs is 1. The number of hydrogen-bond acceptors (Lipinski definition) is 4. The summed E-state index contributed by atoms with van der Waals surface area (Å²) >= 11 is 0.900. The van der Waals surface area contributed by atoms with Crippen molar-refractivity contribution >= 4 is 42.2 Å². The van der Waals surface area contributed by atoms with E-state index in [4.69, 9.17) is 10.7 Å². The molecule has 0 aliphatic heterocycles. The van der Waals surface area contributed by atoms with Crippen molar-refractivity contribution in [3.63, 3.8) is 0 Å². The highest BCUT2D eigenvalue weighted by Crippen LogP contribution is 2.28. The van der Waals surface area contributed by atoms with Crippen LogP contribution in [-0.2, 0) is 9.05 Å². The largest absolute Gasteiger partial charge is 0.272 e. The van der Waals surface area contributed by atoms with E-state index in [0.29, 0.717) is 10.9 Å². The molecule has 0 N–H and O–H groups in total. The average Bonchev–Trinajstić information content (AvgIpc) is 2.45. The maximum atomic E-state index is 11.0. The number of hydrogen-bond donors (Lipinski definition) is 0. The SMILES string of the molecule is O=S(=O)(Cl)c1snc2ccccc12. The topological polar surface area (TPSA) is 47.0 Å². The van der Waals surface area contributed by atoms with E-state index in [9.17, 15) is 8.42 Å². The lowest BCUT2D eigenvalue weighted by Crippen LogP contribution is -1.85. The second-order valence-electron chi connectivity index (χ2n) is 2.43. The van der Waals surface area contributed by atoms with E-state index in [2.05, 4.69) is 4.37 Å². The van der Waals surface area contributed by atoms with Crippen LogP contribution in [0, 0.1) is 0 Å². The third-order valence-electron chi connectivity index (χ3n) is 1.57. The van der Waals surface area contributed by atoms with Crippen molar-refractivity contribution in [2.45, 2.75) is 4.21 Å². The summed E-state index contributed by atoms with van der Waals surface area (Å²) in [6.07, 6.45) is 0. The molecule has 13 heavy (non-hydrogen) atoms. The summed E-state index contributed by atoms with van der Waals surface area (Å²) in [5.41, 5.74) is 0.659. The fourth-order valence-corrected chi connectivity index (χ4v) is 3.06. The summed E-state index contributed by atoms with van der Waals surface area (Å²) in [4.78, 5) is 0. The number of halogens is 1. The van der Waals surface area contributed by atoms with Crippen LogP contribution in [0.4, 0.5) is 0 Å². The van der Waals surface area contributed by atoms with E-state index in [1.807, 2.05) is 0 Å². The monoisotopic (exact) mass is 233 g/mol. The Morgan fingerprint density at radius 3 is 2.69 bits per heavy atom. The molecule has 6 heteroatoms. The van der Waals surface area contributed by atoms with Gasteiger partial charge in [0.1, 0.15) is 0 Å². The lowest BCUT2D eigenvalue weighted by Gasteiger charge is -1.89. The molecule has 1 aromatic carbocycles. The number of benzene rings is 1. The molecule has 0 amide bonds. The Morgan fingerprint density at radius 2 is 2.00 bits per heavy atom. The lowest BCUT2D eigenvalue weighted by atomic mass is 10.3. The minimum absolute atomic E-state index is 0.116. The van der Waals surface area contributed by atoms with E-state index >= 15 is 0 Å². The second kappa shape index (κ2) is 2.94. The van der Waals surface area contributed by atoms with Crippen molar-refractivity contribution in [1.82, 2.24) is 4.37 Å². The van der Waals surface area contributed by atoms with Crippen LogP contribution >= 0.6 is 22.2 Å². The summed E-state index contributed by atoms with van der Waals surface area (Å²) in [5, 5.41) is 0.586. The Labute approximate surface area is 83.5 Å². The lowest BCUT2D eigenvalue weighted by molar-refractivity contribution is 0.612. The van der Waals surface area contributed by atoms with Crippen LogP contribution in [0.2, 0.25) is 0 Å². The fourth-order valence-electron chi connectivity index (χ4n) is 1.04. The van der Waals surface area contributed by atoms with Crippen LogP contribution in [0.15, 0.2) is 28.5 Å². The van der Waals surface area contributed by atoms with Gasteiger partial charge in [0.25, 0.3) is 9.05 Å². The summed E-state index contributed by atoms with van der Waals surface area (Å²) < 4.78 is 26.2. The maximum absolute atomic E-state index is 11.0. The molecule has 1 aromatic heterocycles. The third kappa shape index (κ3) is 1.54. The van der Waals surface area contributed by atoms with Crippen LogP contribution < -0.4 is 0 Å². The van der Waals surface area contributed by atoms with Gasteiger partial charge >= 0.3 is 0 Å². The number of aromatic nitrogens is 1. The van der Waals surface area contributed by atoms with Crippen LogP contribution in [0.1, 0.15) is 0 Å². The fraction of sp³-hybridized carbons (Fsp3) is 0. The zero-order valence-corrected chi connectivity index (χ0v) is 8.66. The first-order chi connectivity index (χ1) is 6.09. The van der Waals surface area contributed by atoms with Crippen LogP contribution in [0.25, 0.3) is 10.9 Å². The molecule has 0 atom stereocenters. The van der Waals surface area contributed by atoms with Crippen molar-refractivity contribution in [3.05, 3.63) is 24.3 Å². The van der Waals surface area contributed by atoms with Gasteiger partial charge in [-0.2, -0.15) is 4.37 Å². The standard InChI is InChI=1S/C7H4ClNO2S2/c8-13(10,11)7-5-3-1-2-4-6(5)9-12-7/h1-4H. The Hall–Kier alpha value is -0.650. The summed E-state index contributed by atoms with van der Waals surface area (Å²) in [6.45, 7) is 0. The minimum Gasteiger partial charge on any atom is -0.206 e. The van der Waals surface area contributed by atoms with Gasteiger partial charge in [-0.15, -0.1) is 0 Å². The van der Waals surface area contributed by atoms with Gasteiger partial charge < -0.3 is 0 Å². The van der Waals surface area contributed by atoms with Crippen molar-refractivity contribution in [1.29, 1.82) is 0 Å². The molecule has 2 rings (SSSR count). The van der Waals surface area contributed by atoms with Crippen LogP contribution in [-0.4, -0.2) is 12.8 Å². The Kier molecular flexibility index (Phi) is 2.02. The Morgan fingerprint density at radius 1 is 1.31 bits per heavy atom. The molecule has 68 valence electrons. The van der Waals surface area contributed by atoms with E-state index in [0.717, 1.165) is 11.5 Å². The van der Waals surface area contributed by atoms with Gasteiger partial charge in [0.15, 0.2) is 4.21 Å². The first kappa shape index (κ1) is 8.93. The average molecular weight is 234 g/mol. The van der Waals surface area contributed by atoms with Gasteiger partial charge in [-0.05, 0) is 17.6 Å². The highest BCUT2D eigenvalue weighted by atomic mass is 35.7. The zero-order chi connectivity index (χ0) is 9.47. The molecule has 0 aliphatic carbocycles. The summed E-state index contributed by atoms with van der Waals surface area (Å²) in [5.74, 6) is 0.